The molecule has 0 radical (unpaired) electrons. The van der Waals surface area contributed by atoms with E-state index in [4.69, 9.17) is 9.47 Å². The number of carbonyl (C=O) groups excluding carboxylic acids is 3. The molecule has 0 spiro atoms. The van der Waals surface area contributed by atoms with Crippen LogP contribution in [0, 0.1) is 23.1 Å². The molecule has 2 N–H and O–H groups in total. The molecule has 0 aromatic heterocycles. The van der Waals surface area contributed by atoms with Crippen LogP contribution < -0.4 is 15.4 Å². The molecule has 0 fully saturated rings. The fourth-order valence-electron chi connectivity index (χ4n) is 3.39. The lowest BCUT2D eigenvalue weighted by molar-refractivity contribution is -0.150. The number of esters is 1. The minimum atomic E-state index is -1.45. The van der Waals surface area contributed by atoms with Gasteiger partial charge in [-0.2, -0.15) is 5.26 Å². The van der Waals surface area contributed by atoms with Gasteiger partial charge in [-0.15, -0.1) is 0 Å². The van der Waals surface area contributed by atoms with Gasteiger partial charge in [0.15, 0.2) is 0 Å². The van der Waals surface area contributed by atoms with Crippen LogP contribution in [0.15, 0.2) is 59.1 Å². The van der Waals surface area contributed by atoms with Crippen LogP contribution in [0.2, 0.25) is 0 Å². The predicted molar refractivity (Wildman–Crippen MR) is 120 cm³/mol. The van der Waals surface area contributed by atoms with E-state index in [2.05, 4.69) is 10.6 Å². The average Bonchev–Trinajstić information content (AvgIpc) is 2.82. The Bertz CT molecular complexity index is 1140. The number of amides is 2. The standard InChI is InChI=1S/C23H20FN3O5S/c1-31-14-9-7-13(8-10-14)26-18(28)12-33-22-16(11-25)19(15-5-3-4-6-17(15)24)20(21(29)27-22)23(30)32-2/h3-10,19-20H,12H2,1-2H3,(H,26,28)(H,27,29)/t19-,20+/m1/s1. The first-order chi connectivity index (χ1) is 15.9. The SMILES string of the molecule is COC(=O)[C@@H]1C(=O)NC(SCC(=O)Nc2ccc(OC)cc2)=C(C#N)[C@H]1c1ccccc1F. The van der Waals surface area contributed by atoms with Gasteiger partial charge in [0.05, 0.1) is 36.6 Å². The van der Waals surface area contributed by atoms with Gasteiger partial charge in [-0.3, -0.25) is 14.4 Å². The van der Waals surface area contributed by atoms with Crippen LogP contribution in [-0.2, 0) is 19.1 Å². The smallest absolute Gasteiger partial charge is 0.319 e. The molecule has 170 valence electrons. The van der Waals surface area contributed by atoms with Gasteiger partial charge in [0, 0.05) is 11.6 Å². The molecule has 0 aliphatic carbocycles. The second kappa shape index (κ2) is 10.7. The third-order valence-corrected chi connectivity index (χ3v) is 5.96. The van der Waals surface area contributed by atoms with Crippen molar-refractivity contribution in [2.45, 2.75) is 5.92 Å². The number of allylic oxidation sites excluding steroid dienone is 1. The summed E-state index contributed by atoms with van der Waals surface area (Å²) >= 11 is 0.908. The van der Waals surface area contributed by atoms with E-state index in [1.807, 2.05) is 6.07 Å². The summed E-state index contributed by atoms with van der Waals surface area (Å²) in [6.07, 6.45) is 0. The first-order valence-electron chi connectivity index (χ1n) is 9.73. The lowest BCUT2D eigenvalue weighted by Crippen LogP contribution is -2.44. The average molecular weight is 469 g/mol. The lowest BCUT2D eigenvalue weighted by Gasteiger charge is -2.31. The van der Waals surface area contributed by atoms with Crippen LogP contribution in [0.5, 0.6) is 5.75 Å². The number of benzene rings is 2. The van der Waals surface area contributed by atoms with E-state index >= 15 is 0 Å². The number of nitrogens with one attached hydrogen (secondary N) is 2. The quantitative estimate of drug-likeness (QED) is 0.473. The third kappa shape index (κ3) is 5.32. The predicted octanol–water partition coefficient (Wildman–Crippen LogP) is 2.94. The van der Waals surface area contributed by atoms with Crippen LogP contribution in [-0.4, -0.2) is 37.8 Å². The number of methoxy groups -OCH3 is 2. The molecule has 2 aromatic carbocycles. The fourth-order valence-corrected chi connectivity index (χ4v) is 4.24. The van der Waals surface area contributed by atoms with Crippen LogP contribution >= 0.6 is 11.8 Å². The molecule has 33 heavy (non-hydrogen) atoms. The number of carbonyl (C=O) groups is 3. The number of halogens is 1. The summed E-state index contributed by atoms with van der Waals surface area (Å²) in [6.45, 7) is 0. The number of hydrogen-bond acceptors (Lipinski definition) is 7. The van der Waals surface area contributed by atoms with Crippen molar-refractivity contribution >= 4 is 35.2 Å². The zero-order valence-corrected chi connectivity index (χ0v) is 18.6. The van der Waals surface area contributed by atoms with Gasteiger partial charge in [0.2, 0.25) is 11.8 Å². The van der Waals surface area contributed by atoms with Gasteiger partial charge < -0.3 is 20.1 Å². The van der Waals surface area contributed by atoms with E-state index in [1.54, 1.807) is 30.3 Å². The maximum absolute atomic E-state index is 14.6. The summed E-state index contributed by atoms with van der Waals surface area (Å²) in [7, 11) is 2.64. The molecule has 1 heterocycles. The van der Waals surface area contributed by atoms with Crippen LogP contribution in [0.3, 0.4) is 0 Å². The molecule has 8 nitrogen and oxygen atoms in total. The Morgan fingerprint density at radius 3 is 2.48 bits per heavy atom. The van der Waals surface area contributed by atoms with E-state index in [0.717, 1.165) is 18.9 Å². The lowest BCUT2D eigenvalue weighted by atomic mass is 9.78. The van der Waals surface area contributed by atoms with Crippen molar-refractivity contribution in [1.82, 2.24) is 5.32 Å². The second-order valence-electron chi connectivity index (χ2n) is 6.91. The van der Waals surface area contributed by atoms with E-state index < -0.39 is 29.5 Å². The van der Waals surface area contributed by atoms with Gasteiger partial charge in [0.1, 0.15) is 17.5 Å². The number of nitriles is 1. The Morgan fingerprint density at radius 2 is 1.88 bits per heavy atom. The summed E-state index contributed by atoms with van der Waals surface area (Å²) in [5.74, 6) is -4.83. The van der Waals surface area contributed by atoms with Crippen molar-refractivity contribution < 1.29 is 28.2 Å². The molecule has 1 aliphatic heterocycles. The molecular weight excluding hydrogens is 449 g/mol. The molecule has 0 saturated heterocycles. The van der Waals surface area contributed by atoms with Crippen molar-refractivity contribution in [1.29, 1.82) is 5.26 Å². The number of nitrogens with zero attached hydrogens (tertiary/aromatic N) is 1. The van der Waals surface area contributed by atoms with Crippen molar-refractivity contribution in [3.8, 4) is 11.8 Å². The van der Waals surface area contributed by atoms with E-state index in [0.29, 0.717) is 11.4 Å². The van der Waals surface area contributed by atoms with Crippen LogP contribution in [0.25, 0.3) is 0 Å². The summed E-state index contributed by atoms with van der Waals surface area (Å²) in [5, 5.41) is 15.1. The molecule has 0 saturated carbocycles. The highest BCUT2D eigenvalue weighted by molar-refractivity contribution is 8.03. The molecule has 2 atom stereocenters. The monoisotopic (exact) mass is 469 g/mol. The zero-order chi connectivity index (χ0) is 24.0. The molecule has 1 aliphatic rings. The van der Waals surface area contributed by atoms with Crippen LogP contribution in [0.1, 0.15) is 11.5 Å². The Labute approximate surface area is 193 Å². The fraction of sp³-hybridized carbons (Fsp3) is 0.217. The summed E-state index contributed by atoms with van der Waals surface area (Å²) < 4.78 is 24.4. The second-order valence-corrected chi connectivity index (χ2v) is 7.89. The van der Waals surface area contributed by atoms with Crippen LogP contribution in [0.4, 0.5) is 10.1 Å². The minimum absolute atomic E-state index is 0.0140. The minimum Gasteiger partial charge on any atom is -0.497 e. The van der Waals surface area contributed by atoms with Crippen molar-refractivity contribution in [2.75, 3.05) is 25.3 Å². The number of ether oxygens (including phenoxy) is 2. The van der Waals surface area contributed by atoms with Gasteiger partial charge in [-0.25, -0.2) is 4.39 Å². The molecule has 0 unspecified atom stereocenters. The molecule has 3 rings (SSSR count). The number of hydrogen-bond donors (Lipinski definition) is 2. The van der Waals surface area contributed by atoms with Gasteiger partial charge in [-0.05, 0) is 35.9 Å². The van der Waals surface area contributed by atoms with Crippen molar-refractivity contribution in [2.24, 2.45) is 5.92 Å². The van der Waals surface area contributed by atoms with Crippen molar-refractivity contribution in [3.63, 3.8) is 0 Å². The highest BCUT2D eigenvalue weighted by Crippen LogP contribution is 2.41. The largest absolute Gasteiger partial charge is 0.497 e. The van der Waals surface area contributed by atoms with E-state index in [1.165, 1.54) is 25.3 Å². The Hall–Kier alpha value is -3.84. The Kier molecular flexibility index (Phi) is 7.69. The summed E-state index contributed by atoms with van der Waals surface area (Å²) in [4.78, 5) is 37.5. The summed E-state index contributed by atoms with van der Waals surface area (Å²) in [5.41, 5.74) is 0.524. The van der Waals surface area contributed by atoms with Gasteiger partial charge in [0.25, 0.3) is 0 Å². The maximum atomic E-state index is 14.6. The number of rotatable bonds is 7. The Morgan fingerprint density at radius 1 is 1.18 bits per heavy atom. The highest BCUT2D eigenvalue weighted by Gasteiger charge is 2.45. The third-order valence-electron chi connectivity index (χ3n) is 4.95. The normalized spacial score (nSPS) is 17.6. The molecule has 2 aromatic rings. The first-order valence-corrected chi connectivity index (χ1v) is 10.7. The number of thioether (sulfide) groups is 1. The zero-order valence-electron chi connectivity index (χ0n) is 17.8. The van der Waals surface area contributed by atoms with E-state index in [9.17, 15) is 24.0 Å². The molecule has 10 heteroatoms. The Balaban J connectivity index is 1.87. The van der Waals surface area contributed by atoms with Gasteiger partial charge in [-0.1, -0.05) is 30.0 Å². The van der Waals surface area contributed by atoms with Gasteiger partial charge >= 0.3 is 5.97 Å². The highest BCUT2D eigenvalue weighted by atomic mass is 32.2. The maximum Gasteiger partial charge on any atom is 0.319 e. The number of anilines is 1. The molecule has 2 amide bonds. The first kappa shape index (κ1) is 23.8. The van der Waals surface area contributed by atoms with Crippen molar-refractivity contribution in [3.05, 3.63) is 70.5 Å². The van der Waals surface area contributed by atoms with E-state index in [-0.39, 0.29) is 27.8 Å². The molecule has 0 bridgehead atoms. The summed E-state index contributed by atoms with van der Waals surface area (Å²) in [6, 6.07) is 14.3. The topological polar surface area (TPSA) is 118 Å². The molecular formula is C23H20FN3O5S.